The molecule has 0 aliphatic carbocycles. The fourth-order valence-electron chi connectivity index (χ4n) is 2.18. The highest BCUT2D eigenvalue weighted by Crippen LogP contribution is 2.13. The molecule has 0 fully saturated rings. The zero-order chi connectivity index (χ0) is 16.3. The highest BCUT2D eigenvalue weighted by Gasteiger charge is 1.97. The smallest absolute Gasteiger partial charge is 0.244 e. The maximum absolute atomic E-state index is 11.7. The Kier molecular flexibility index (Phi) is 6.92. The number of aryl methyl sites for hydroxylation is 1. The monoisotopic (exact) mass is 309 g/mol. The third kappa shape index (κ3) is 6.39. The topological polar surface area (TPSA) is 38.3 Å². The molecule has 0 bridgehead atoms. The van der Waals surface area contributed by atoms with Gasteiger partial charge < -0.3 is 10.1 Å². The van der Waals surface area contributed by atoms with Crippen LogP contribution < -0.4 is 10.1 Å². The maximum Gasteiger partial charge on any atom is 0.244 e. The second-order valence-electron chi connectivity index (χ2n) is 5.28. The van der Waals surface area contributed by atoms with Gasteiger partial charge in [0.15, 0.2) is 0 Å². The van der Waals surface area contributed by atoms with E-state index in [2.05, 4.69) is 24.4 Å². The molecular formula is C20H23NO2. The molecule has 0 heterocycles. The summed E-state index contributed by atoms with van der Waals surface area (Å²) in [7, 11) is 0. The lowest BCUT2D eigenvalue weighted by atomic mass is 10.1. The van der Waals surface area contributed by atoms with Crippen molar-refractivity contribution in [2.45, 2.75) is 19.8 Å². The Morgan fingerprint density at radius 2 is 1.83 bits per heavy atom. The van der Waals surface area contributed by atoms with Gasteiger partial charge in [-0.05, 0) is 35.8 Å². The van der Waals surface area contributed by atoms with Crippen LogP contribution in [-0.4, -0.2) is 19.1 Å². The number of hydrogen-bond acceptors (Lipinski definition) is 2. The zero-order valence-electron chi connectivity index (χ0n) is 13.5. The van der Waals surface area contributed by atoms with Crippen LogP contribution in [0.2, 0.25) is 0 Å². The molecule has 0 saturated heterocycles. The van der Waals surface area contributed by atoms with Crippen LogP contribution >= 0.6 is 0 Å². The first kappa shape index (κ1) is 16.8. The number of benzene rings is 2. The Balaban J connectivity index is 1.66. The molecule has 0 spiro atoms. The van der Waals surface area contributed by atoms with E-state index >= 15 is 0 Å². The van der Waals surface area contributed by atoms with Gasteiger partial charge in [0, 0.05) is 6.08 Å². The Morgan fingerprint density at radius 1 is 1.09 bits per heavy atom. The predicted octanol–water partition coefficient (Wildman–Crippen LogP) is 3.85. The fourth-order valence-corrected chi connectivity index (χ4v) is 2.18. The summed E-state index contributed by atoms with van der Waals surface area (Å²) in [6, 6.07) is 17.9. The number of rotatable bonds is 8. The molecule has 0 radical (unpaired) electrons. The van der Waals surface area contributed by atoms with Crippen LogP contribution in [0, 0.1) is 0 Å². The molecule has 2 rings (SSSR count). The molecule has 2 aromatic rings. The Morgan fingerprint density at radius 3 is 2.52 bits per heavy atom. The molecule has 23 heavy (non-hydrogen) atoms. The minimum atomic E-state index is -0.115. The largest absolute Gasteiger partial charge is 0.492 e. The molecule has 1 amide bonds. The van der Waals surface area contributed by atoms with Gasteiger partial charge in [-0.3, -0.25) is 4.79 Å². The lowest BCUT2D eigenvalue weighted by molar-refractivity contribution is -0.116. The van der Waals surface area contributed by atoms with E-state index in [4.69, 9.17) is 4.74 Å². The first-order chi connectivity index (χ1) is 11.3. The van der Waals surface area contributed by atoms with Crippen LogP contribution in [0.5, 0.6) is 5.75 Å². The van der Waals surface area contributed by atoms with Crippen molar-refractivity contribution in [2.75, 3.05) is 13.2 Å². The first-order valence-electron chi connectivity index (χ1n) is 8.00. The second kappa shape index (κ2) is 9.46. The molecule has 0 atom stereocenters. The van der Waals surface area contributed by atoms with Gasteiger partial charge >= 0.3 is 0 Å². The van der Waals surface area contributed by atoms with Gasteiger partial charge in [-0.25, -0.2) is 0 Å². The molecule has 3 heteroatoms. The minimum absolute atomic E-state index is 0.115. The summed E-state index contributed by atoms with van der Waals surface area (Å²) in [6.45, 7) is 3.10. The van der Waals surface area contributed by atoms with E-state index in [0.717, 1.165) is 24.2 Å². The molecular weight excluding hydrogens is 286 g/mol. The second-order valence-corrected chi connectivity index (χ2v) is 5.28. The van der Waals surface area contributed by atoms with Crippen LogP contribution in [0.15, 0.2) is 60.7 Å². The van der Waals surface area contributed by atoms with Crippen LogP contribution in [-0.2, 0) is 11.2 Å². The average molecular weight is 309 g/mol. The number of carbonyl (C=O) groups excluding carboxylic acids is 1. The van der Waals surface area contributed by atoms with Crippen LogP contribution in [0.3, 0.4) is 0 Å². The van der Waals surface area contributed by atoms with Crippen LogP contribution in [0.4, 0.5) is 0 Å². The minimum Gasteiger partial charge on any atom is -0.492 e. The summed E-state index contributed by atoms with van der Waals surface area (Å²) in [4.78, 5) is 11.7. The summed E-state index contributed by atoms with van der Waals surface area (Å²) < 4.78 is 5.61. The summed E-state index contributed by atoms with van der Waals surface area (Å²) in [5, 5.41) is 2.80. The van der Waals surface area contributed by atoms with Crippen molar-refractivity contribution in [3.63, 3.8) is 0 Å². The van der Waals surface area contributed by atoms with E-state index in [1.807, 2.05) is 42.5 Å². The summed E-state index contributed by atoms with van der Waals surface area (Å²) >= 11 is 0. The van der Waals surface area contributed by atoms with Crippen molar-refractivity contribution in [3.8, 4) is 5.75 Å². The van der Waals surface area contributed by atoms with Gasteiger partial charge in [-0.2, -0.15) is 0 Å². The SMILES string of the molecule is CCCc1ccc(OCCNC(=O)C=Cc2ccccc2)cc1. The highest BCUT2D eigenvalue weighted by atomic mass is 16.5. The number of nitrogens with one attached hydrogen (secondary N) is 1. The lowest BCUT2D eigenvalue weighted by Gasteiger charge is -2.07. The number of hydrogen-bond donors (Lipinski definition) is 1. The van der Waals surface area contributed by atoms with E-state index in [0.29, 0.717) is 13.2 Å². The third-order valence-corrected chi connectivity index (χ3v) is 3.36. The van der Waals surface area contributed by atoms with Crippen LogP contribution in [0.25, 0.3) is 6.08 Å². The molecule has 120 valence electrons. The van der Waals surface area contributed by atoms with Gasteiger partial charge in [0.1, 0.15) is 12.4 Å². The summed E-state index contributed by atoms with van der Waals surface area (Å²) in [5.74, 6) is 0.717. The molecule has 3 nitrogen and oxygen atoms in total. The Labute approximate surface area is 138 Å². The van der Waals surface area contributed by atoms with E-state index < -0.39 is 0 Å². The Hall–Kier alpha value is -2.55. The molecule has 0 aliphatic heterocycles. The van der Waals surface area contributed by atoms with Gasteiger partial charge in [-0.15, -0.1) is 0 Å². The van der Waals surface area contributed by atoms with Crippen molar-refractivity contribution in [3.05, 3.63) is 71.8 Å². The zero-order valence-corrected chi connectivity index (χ0v) is 13.5. The predicted molar refractivity (Wildman–Crippen MR) is 94.4 cm³/mol. The number of ether oxygens (including phenoxy) is 1. The van der Waals surface area contributed by atoms with E-state index in [1.165, 1.54) is 11.6 Å². The Bertz CT molecular complexity index is 618. The lowest BCUT2D eigenvalue weighted by Crippen LogP contribution is -2.26. The first-order valence-corrected chi connectivity index (χ1v) is 8.00. The normalized spacial score (nSPS) is 10.7. The standard InChI is InChI=1S/C20H23NO2/c1-2-6-17-9-12-19(13-10-17)23-16-15-21-20(22)14-11-18-7-4-3-5-8-18/h3-5,7-14H,2,6,15-16H2,1H3,(H,21,22). The number of amides is 1. The van der Waals surface area contributed by atoms with Gasteiger partial charge in [0.05, 0.1) is 6.54 Å². The molecule has 0 saturated carbocycles. The van der Waals surface area contributed by atoms with E-state index in [-0.39, 0.29) is 5.91 Å². The van der Waals surface area contributed by atoms with Crippen molar-refractivity contribution in [2.24, 2.45) is 0 Å². The fraction of sp³-hybridized carbons (Fsp3) is 0.250. The third-order valence-electron chi connectivity index (χ3n) is 3.36. The molecule has 2 aromatic carbocycles. The number of carbonyl (C=O) groups is 1. The maximum atomic E-state index is 11.7. The molecule has 0 aromatic heterocycles. The van der Waals surface area contributed by atoms with Gasteiger partial charge in [-0.1, -0.05) is 55.8 Å². The van der Waals surface area contributed by atoms with E-state index in [1.54, 1.807) is 6.08 Å². The van der Waals surface area contributed by atoms with Gasteiger partial charge in [0.2, 0.25) is 5.91 Å². The molecule has 0 unspecified atom stereocenters. The van der Waals surface area contributed by atoms with E-state index in [9.17, 15) is 4.79 Å². The quantitative estimate of drug-likeness (QED) is 0.594. The van der Waals surface area contributed by atoms with Crippen molar-refractivity contribution in [1.82, 2.24) is 5.32 Å². The van der Waals surface area contributed by atoms with Gasteiger partial charge in [0.25, 0.3) is 0 Å². The highest BCUT2D eigenvalue weighted by molar-refractivity contribution is 5.91. The van der Waals surface area contributed by atoms with Crippen molar-refractivity contribution < 1.29 is 9.53 Å². The summed E-state index contributed by atoms with van der Waals surface area (Å²) in [5.41, 5.74) is 2.32. The van der Waals surface area contributed by atoms with Crippen molar-refractivity contribution >= 4 is 12.0 Å². The summed E-state index contributed by atoms with van der Waals surface area (Å²) in [6.07, 6.45) is 5.56. The average Bonchev–Trinajstić information content (AvgIpc) is 2.59. The molecule has 0 aliphatic rings. The van der Waals surface area contributed by atoms with Crippen molar-refractivity contribution in [1.29, 1.82) is 0 Å². The molecule has 1 N–H and O–H groups in total. The van der Waals surface area contributed by atoms with Crippen LogP contribution in [0.1, 0.15) is 24.5 Å².